The summed E-state index contributed by atoms with van der Waals surface area (Å²) in [7, 11) is 1.67. The van der Waals surface area contributed by atoms with Crippen molar-refractivity contribution in [1.82, 2.24) is 9.97 Å². The van der Waals surface area contributed by atoms with Crippen LogP contribution in [0.2, 0.25) is 0 Å². The lowest BCUT2D eigenvalue weighted by Crippen LogP contribution is -2.29. The Morgan fingerprint density at radius 2 is 2.04 bits per heavy atom. The van der Waals surface area contributed by atoms with Gasteiger partial charge in [0, 0.05) is 23.5 Å². The van der Waals surface area contributed by atoms with Crippen LogP contribution in [0.1, 0.15) is 26.2 Å². The second-order valence-corrected chi connectivity index (χ2v) is 6.86. The van der Waals surface area contributed by atoms with E-state index in [4.69, 9.17) is 10.5 Å². The van der Waals surface area contributed by atoms with E-state index in [0.717, 1.165) is 52.2 Å². The van der Waals surface area contributed by atoms with Crippen LogP contribution in [0.25, 0.3) is 21.3 Å². The standard InChI is InChI=1S/C19H24N4OS/c1-3-4-5-14(10-20)23-18-17-16(11-25-19(17)22-12-21-18)13-6-8-15(24-2)9-7-13/h6-9,11-12,14H,3-5,10,20H2,1-2H3,(H,21,22,23). The molecule has 3 aromatic rings. The highest BCUT2D eigenvalue weighted by Crippen LogP contribution is 2.37. The van der Waals surface area contributed by atoms with Crippen LogP contribution >= 0.6 is 11.3 Å². The number of hydrogen-bond acceptors (Lipinski definition) is 6. The zero-order chi connectivity index (χ0) is 17.6. The van der Waals surface area contributed by atoms with Crippen LogP contribution < -0.4 is 15.8 Å². The zero-order valence-corrected chi connectivity index (χ0v) is 15.5. The van der Waals surface area contributed by atoms with Gasteiger partial charge in [-0.25, -0.2) is 9.97 Å². The molecule has 3 rings (SSSR count). The van der Waals surface area contributed by atoms with Crippen LogP contribution in [0.4, 0.5) is 5.82 Å². The fraction of sp³-hybridized carbons (Fsp3) is 0.368. The summed E-state index contributed by atoms with van der Waals surface area (Å²) in [6.45, 7) is 2.78. The van der Waals surface area contributed by atoms with Crippen molar-refractivity contribution in [3.63, 3.8) is 0 Å². The molecule has 0 aliphatic carbocycles. The summed E-state index contributed by atoms with van der Waals surface area (Å²) in [6.07, 6.45) is 4.97. The second-order valence-electron chi connectivity index (χ2n) is 6.00. The van der Waals surface area contributed by atoms with Crippen LogP contribution in [0.3, 0.4) is 0 Å². The number of nitrogens with two attached hydrogens (primary N) is 1. The summed E-state index contributed by atoms with van der Waals surface area (Å²) in [6, 6.07) is 8.30. The average Bonchev–Trinajstić information content (AvgIpc) is 3.10. The van der Waals surface area contributed by atoms with E-state index in [9.17, 15) is 0 Å². The summed E-state index contributed by atoms with van der Waals surface area (Å²) >= 11 is 1.63. The number of nitrogens with zero attached hydrogens (tertiary/aromatic N) is 2. The maximum absolute atomic E-state index is 5.94. The van der Waals surface area contributed by atoms with Gasteiger partial charge in [0.1, 0.15) is 22.7 Å². The molecule has 132 valence electrons. The number of methoxy groups -OCH3 is 1. The Morgan fingerprint density at radius 3 is 2.72 bits per heavy atom. The minimum atomic E-state index is 0.224. The molecule has 0 bridgehead atoms. The quantitative estimate of drug-likeness (QED) is 0.630. The third-order valence-electron chi connectivity index (χ3n) is 4.30. The number of nitrogens with one attached hydrogen (secondary N) is 1. The van der Waals surface area contributed by atoms with Gasteiger partial charge in [-0.3, -0.25) is 0 Å². The highest BCUT2D eigenvalue weighted by molar-refractivity contribution is 7.17. The van der Waals surface area contributed by atoms with Crippen molar-refractivity contribution in [3.05, 3.63) is 36.0 Å². The Balaban J connectivity index is 1.97. The molecule has 25 heavy (non-hydrogen) atoms. The maximum Gasteiger partial charge on any atom is 0.139 e. The van der Waals surface area contributed by atoms with Gasteiger partial charge < -0.3 is 15.8 Å². The fourth-order valence-corrected chi connectivity index (χ4v) is 3.78. The third-order valence-corrected chi connectivity index (χ3v) is 5.19. The smallest absolute Gasteiger partial charge is 0.139 e. The molecule has 6 heteroatoms. The molecule has 0 saturated carbocycles. The van der Waals surface area contributed by atoms with E-state index in [0.29, 0.717) is 6.54 Å². The number of benzene rings is 1. The lowest BCUT2D eigenvalue weighted by atomic mass is 10.1. The number of thiophene rings is 1. The number of ether oxygens (including phenoxy) is 1. The normalized spacial score (nSPS) is 12.3. The highest BCUT2D eigenvalue weighted by atomic mass is 32.1. The van der Waals surface area contributed by atoms with Crippen LogP contribution in [0, 0.1) is 0 Å². The van der Waals surface area contributed by atoms with Gasteiger partial charge in [-0.2, -0.15) is 0 Å². The predicted molar refractivity (Wildman–Crippen MR) is 105 cm³/mol. The third kappa shape index (κ3) is 3.91. The molecule has 0 radical (unpaired) electrons. The fourth-order valence-electron chi connectivity index (χ4n) is 2.86. The van der Waals surface area contributed by atoms with E-state index in [2.05, 4.69) is 39.7 Å². The molecule has 2 heterocycles. The molecular weight excluding hydrogens is 332 g/mol. The van der Waals surface area contributed by atoms with Gasteiger partial charge in [0.2, 0.25) is 0 Å². The van der Waals surface area contributed by atoms with Crippen molar-refractivity contribution in [2.75, 3.05) is 19.0 Å². The molecule has 3 N–H and O–H groups in total. The van der Waals surface area contributed by atoms with Gasteiger partial charge in [-0.15, -0.1) is 11.3 Å². The van der Waals surface area contributed by atoms with Crippen molar-refractivity contribution < 1.29 is 4.74 Å². The SMILES string of the molecule is CCCCC(CN)Nc1ncnc2scc(-c3ccc(OC)cc3)c12. The van der Waals surface area contributed by atoms with Crippen LogP contribution in [-0.2, 0) is 0 Å². The number of rotatable bonds is 8. The first-order valence-corrected chi connectivity index (χ1v) is 9.48. The topological polar surface area (TPSA) is 73.1 Å². The first-order chi connectivity index (χ1) is 12.3. The number of unbranched alkanes of at least 4 members (excludes halogenated alkanes) is 1. The largest absolute Gasteiger partial charge is 0.497 e. The Morgan fingerprint density at radius 1 is 1.24 bits per heavy atom. The molecule has 1 aromatic carbocycles. The van der Waals surface area contributed by atoms with Crippen molar-refractivity contribution in [1.29, 1.82) is 0 Å². The highest BCUT2D eigenvalue weighted by Gasteiger charge is 2.15. The van der Waals surface area contributed by atoms with Crippen molar-refractivity contribution in [2.45, 2.75) is 32.2 Å². The first kappa shape index (κ1) is 17.6. The Labute approximate surface area is 152 Å². The predicted octanol–water partition coefficient (Wildman–Crippen LogP) is 4.30. The van der Waals surface area contributed by atoms with Crippen LogP contribution in [0.5, 0.6) is 5.75 Å². The Bertz CT molecular complexity index is 816. The number of fused-ring (bicyclic) bond motifs is 1. The lowest BCUT2D eigenvalue weighted by Gasteiger charge is -2.18. The van der Waals surface area contributed by atoms with Gasteiger partial charge in [0.05, 0.1) is 12.5 Å². The van der Waals surface area contributed by atoms with Gasteiger partial charge in [-0.05, 0) is 24.1 Å². The van der Waals surface area contributed by atoms with Gasteiger partial charge in [0.15, 0.2) is 0 Å². The number of hydrogen-bond donors (Lipinski definition) is 2. The summed E-state index contributed by atoms with van der Waals surface area (Å²) in [5.74, 6) is 1.71. The van der Waals surface area contributed by atoms with E-state index in [1.807, 2.05) is 12.1 Å². The Hall–Kier alpha value is -2.18. The minimum absolute atomic E-state index is 0.224. The summed E-state index contributed by atoms with van der Waals surface area (Å²) in [5.41, 5.74) is 8.21. The Kier molecular flexibility index (Phi) is 5.83. The van der Waals surface area contributed by atoms with Crippen LogP contribution in [0.15, 0.2) is 36.0 Å². The average molecular weight is 356 g/mol. The monoisotopic (exact) mass is 356 g/mol. The van der Waals surface area contributed by atoms with E-state index >= 15 is 0 Å². The molecular formula is C19H24N4OS. The lowest BCUT2D eigenvalue weighted by molar-refractivity contribution is 0.415. The maximum atomic E-state index is 5.94. The minimum Gasteiger partial charge on any atom is -0.497 e. The molecule has 0 aliphatic rings. The number of aromatic nitrogens is 2. The van der Waals surface area contributed by atoms with Gasteiger partial charge in [-0.1, -0.05) is 31.9 Å². The molecule has 0 amide bonds. The summed E-state index contributed by atoms with van der Waals surface area (Å²) < 4.78 is 5.25. The molecule has 1 unspecified atom stereocenters. The number of anilines is 1. The molecule has 2 aromatic heterocycles. The summed E-state index contributed by atoms with van der Waals surface area (Å²) in [4.78, 5) is 9.91. The molecule has 1 atom stereocenters. The van der Waals surface area contributed by atoms with E-state index < -0.39 is 0 Å². The van der Waals surface area contributed by atoms with Crippen LogP contribution in [-0.4, -0.2) is 29.7 Å². The molecule has 0 saturated heterocycles. The summed E-state index contributed by atoms with van der Waals surface area (Å²) in [5, 5.41) is 6.73. The molecule has 0 aliphatic heterocycles. The molecule has 5 nitrogen and oxygen atoms in total. The molecule has 0 spiro atoms. The van der Waals surface area contributed by atoms with Crippen molar-refractivity contribution >= 4 is 27.4 Å². The first-order valence-electron chi connectivity index (χ1n) is 8.60. The van der Waals surface area contributed by atoms with Crippen molar-refractivity contribution in [3.8, 4) is 16.9 Å². The van der Waals surface area contributed by atoms with Gasteiger partial charge >= 0.3 is 0 Å². The second kappa shape index (κ2) is 8.27. The van der Waals surface area contributed by atoms with Crippen molar-refractivity contribution in [2.24, 2.45) is 5.73 Å². The van der Waals surface area contributed by atoms with E-state index in [-0.39, 0.29) is 6.04 Å². The van der Waals surface area contributed by atoms with E-state index in [1.54, 1.807) is 24.8 Å². The zero-order valence-electron chi connectivity index (χ0n) is 14.7. The van der Waals surface area contributed by atoms with Gasteiger partial charge in [0.25, 0.3) is 0 Å². The molecule has 0 fully saturated rings. The van der Waals surface area contributed by atoms with E-state index in [1.165, 1.54) is 0 Å².